The Morgan fingerprint density at radius 1 is 1.08 bits per heavy atom. The fraction of sp³-hybridized carbons (Fsp3) is 0.433. The number of aryl methyl sites for hydroxylation is 1. The molecule has 0 saturated heterocycles. The third kappa shape index (κ3) is 7.65. The first-order valence-corrected chi connectivity index (χ1v) is 14.2. The molecule has 1 aliphatic rings. The fourth-order valence-electron chi connectivity index (χ4n) is 4.81. The van der Waals surface area contributed by atoms with Gasteiger partial charge in [0, 0.05) is 32.1 Å². The minimum Gasteiger partial charge on any atom is -0.491 e. The number of fused-ring (bicyclic) bond motifs is 1. The first-order chi connectivity index (χ1) is 18.5. The Kier molecular flexibility index (Phi) is 10.3. The van der Waals surface area contributed by atoms with E-state index in [1.54, 1.807) is 18.4 Å². The van der Waals surface area contributed by atoms with Crippen LogP contribution in [-0.2, 0) is 22.4 Å². The third-order valence-electron chi connectivity index (χ3n) is 6.80. The van der Waals surface area contributed by atoms with Crippen molar-refractivity contribution < 1.29 is 19.1 Å². The molecule has 2 aromatic carbocycles. The van der Waals surface area contributed by atoms with Crippen LogP contribution in [0.1, 0.15) is 45.9 Å². The molecule has 2 amide bonds. The van der Waals surface area contributed by atoms with E-state index >= 15 is 0 Å². The Hall–Kier alpha value is -3.23. The molecular weight excluding hydrogens is 498 g/mol. The summed E-state index contributed by atoms with van der Waals surface area (Å²) in [5.41, 5.74) is 2.49. The van der Waals surface area contributed by atoms with Crippen LogP contribution in [-0.4, -0.2) is 72.6 Å². The number of thiazole rings is 1. The van der Waals surface area contributed by atoms with Crippen molar-refractivity contribution in [2.24, 2.45) is 0 Å². The number of ether oxygens (including phenoxy) is 2. The molecule has 0 bridgehead atoms. The van der Waals surface area contributed by atoms with Crippen molar-refractivity contribution in [1.82, 2.24) is 14.8 Å². The van der Waals surface area contributed by atoms with E-state index in [-0.39, 0.29) is 24.3 Å². The Labute approximate surface area is 229 Å². The second kappa shape index (κ2) is 14.1. The van der Waals surface area contributed by atoms with E-state index in [0.29, 0.717) is 50.6 Å². The molecule has 4 rings (SSSR count). The summed E-state index contributed by atoms with van der Waals surface area (Å²) < 4.78 is 11.6. The maximum Gasteiger partial charge on any atom is 0.257 e. The Bertz CT molecular complexity index is 1180. The van der Waals surface area contributed by atoms with Gasteiger partial charge >= 0.3 is 0 Å². The van der Waals surface area contributed by atoms with E-state index in [0.717, 1.165) is 35.5 Å². The van der Waals surface area contributed by atoms with E-state index in [9.17, 15) is 9.59 Å². The number of carbonyl (C=O) groups excluding carboxylic acids is 2. The van der Waals surface area contributed by atoms with Gasteiger partial charge in [-0.25, -0.2) is 4.98 Å². The summed E-state index contributed by atoms with van der Waals surface area (Å²) in [6.07, 6.45) is 3.56. The van der Waals surface area contributed by atoms with Crippen LogP contribution in [0.15, 0.2) is 60.0 Å². The van der Waals surface area contributed by atoms with Gasteiger partial charge in [0.2, 0.25) is 5.91 Å². The quantitative estimate of drug-likeness (QED) is 0.435. The summed E-state index contributed by atoms with van der Waals surface area (Å²) in [6, 6.07) is 17.4. The zero-order valence-electron chi connectivity index (χ0n) is 22.3. The predicted octanol–water partition coefficient (Wildman–Crippen LogP) is 4.79. The predicted molar refractivity (Wildman–Crippen MR) is 150 cm³/mol. The van der Waals surface area contributed by atoms with Gasteiger partial charge in [0.15, 0.2) is 0 Å². The fourth-order valence-corrected chi connectivity index (χ4v) is 5.42. The summed E-state index contributed by atoms with van der Waals surface area (Å²) in [5, 5.41) is 2.92. The van der Waals surface area contributed by atoms with Gasteiger partial charge in [-0.1, -0.05) is 42.5 Å². The van der Waals surface area contributed by atoms with Crippen molar-refractivity contribution in [3.8, 4) is 5.75 Å². The summed E-state index contributed by atoms with van der Waals surface area (Å²) in [5.74, 6) is 0.545. The Morgan fingerprint density at radius 3 is 2.61 bits per heavy atom. The lowest BCUT2D eigenvalue weighted by molar-refractivity contribution is -0.133. The summed E-state index contributed by atoms with van der Waals surface area (Å²) in [4.78, 5) is 35.6. The molecule has 8 heteroatoms. The van der Waals surface area contributed by atoms with E-state index in [2.05, 4.69) is 17.1 Å². The topological polar surface area (TPSA) is 72.0 Å². The molecule has 0 N–H and O–H groups in total. The molecule has 1 atom stereocenters. The van der Waals surface area contributed by atoms with Gasteiger partial charge in [-0.05, 0) is 50.3 Å². The van der Waals surface area contributed by atoms with Crippen molar-refractivity contribution in [2.75, 3.05) is 40.0 Å². The first-order valence-electron chi connectivity index (χ1n) is 13.3. The smallest absolute Gasteiger partial charge is 0.257 e. The summed E-state index contributed by atoms with van der Waals surface area (Å²) in [7, 11) is 1.65. The number of hydrogen-bond donors (Lipinski definition) is 0. The monoisotopic (exact) mass is 535 g/mol. The highest BCUT2D eigenvalue weighted by Crippen LogP contribution is 2.23. The van der Waals surface area contributed by atoms with Crippen LogP contribution in [0.2, 0.25) is 0 Å². The molecule has 1 aromatic heterocycles. The van der Waals surface area contributed by atoms with Crippen molar-refractivity contribution in [1.29, 1.82) is 0 Å². The second-order valence-electron chi connectivity index (χ2n) is 9.62. The highest BCUT2D eigenvalue weighted by atomic mass is 32.1. The number of carbonyl (C=O) groups is 2. The standard InChI is InChI=1S/C30H37N3O4S/c1-23-31-25(22-38-23)20-29(34)33-16-10-4-9-15-32(17-18-36-2)30(35)27-13-7-8-14-28(27)37-21-26(33)19-24-11-5-3-6-12-24/h3,5-8,11-14,22,26H,4,9-10,15-21H2,1-2H3/t26-/m0/s1. The van der Waals surface area contributed by atoms with Crippen LogP contribution < -0.4 is 4.74 Å². The van der Waals surface area contributed by atoms with Crippen LogP contribution in [0.5, 0.6) is 5.75 Å². The zero-order valence-corrected chi connectivity index (χ0v) is 23.1. The molecule has 7 nitrogen and oxygen atoms in total. The van der Waals surface area contributed by atoms with Crippen molar-refractivity contribution in [3.05, 3.63) is 81.8 Å². The van der Waals surface area contributed by atoms with E-state index in [4.69, 9.17) is 9.47 Å². The third-order valence-corrected chi connectivity index (χ3v) is 7.62. The normalized spacial score (nSPS) is 17.1. The van der Waals surface area contributed by atoms with Crippen LogP contribution in [0, 0.1) is 6.92 Å². The number of rotatable bonds is 7. The SMILES string of the molecule is COCCN1CCCCCN(C(=O)Cc2csc(C)n2)[C@@H](Cc2ccccc2)COc2ccccc2C1=O. The number of amides is 2. The van der Waals surface area contributed by atoms with Gasteiger partial charge in [-0.2, -0.15) is 0 Å². The summed E-state index contributed by atoms with van der Waals surface area (Å²) in [6.45, 7) is 4.52. The van der Waals surface area contributed by atoms with Crippen molar-refractivity contribution in [3.63, 3.8) is 0 Å². The number of hydrogen-bond acceptors (Lipinski definition) is 6. The van der Waals surface area contributed by atoms with Gasteiger partial charge in [0.1, 0.15) is 12.4 Å². The first kappa shape index (κ1) is 27.8. The van der Waals surface area contributed by atoms with Gasteiger partial charge in [-0.3, -0.25) is 9.59 Å². The van der Waals surface area contributed by atoms with Crippen LogP contribution in [0.25, 0.3) is 0 Å². The maximum atomic E-state index is 13.7. The molecule has 0 saturated carbocycles. The summed E-state index contributed by atoms with van der Waals surface area (Å²) >= 11 is 1.56. The lowest BCUT2D eigenvalue weighted by Crippen LogP contribution is -2.46. The molecule has 2 heterocycles. The largest absolute Gasteiger partial charge is 0.491 e. The minimum absolute atomic E-state index is 0.0525. The average Bonchev–Trinajstić information content (AvgIpc) is 3.34. The van der Waals surface area contributed by atoms with E-state index < -0.39 is 0 Å². The van der Waals surface area contributed by atoms with Crippen LogP contribution >= 0.6 is 11.3 Å². The van der Waals surface area contributed by atoms with Gasteiger partial charge in [0.05, 0.1) is 35.3 Å². The number of para-hydroxylation sites is 1. The lowest BCUT2D eigenvalue weighted by Gasteiger charge is -2.32. The average molecular weight is 536 g/mol. The molecule has 1 aliphatic heterocycles. The second-order valence-corrected chi connectivity index (χ2v) is 10.7. The van der Waals surface area contributed by atoms with Gasteiger partial charge < -0.3 is 19.3 Å². The Morgan fingerprint density at radius 2 is 1.84 bits per heavy atom. The molecule has 3 aromatic rings. The molecule has 0 aliphatic carbocycles. The molecular formula is C30H37N3O4S. The minimum atomic E-state index is -0.182. The van der Waals surface area contributed by atoms with E-state index in [1.807, 2.05) is 64.6 Å². The number of methoxy groups -OCH3 is 1. The molecule has 202 valence electrons. The number of benzene rings is 2. The zero-order chi connectivity index (χ0) is 26.7. The highest BCUT2D eigenvalue weighted by molar-refractivity contribution is 7.09. The van der Waals surface area contributed by atoms with Gasteiger partial charge in [0.25, 0.3) is 5.91 Å². The molecule has 0 radical (unpaired) electrons. The van der Waals surface area contributed by atoms with E-state index in [1.165, 1.54) is 0 Å². The van der Waals surface area contributed by atoms with Crippen molar-refractivity contribution >= 4 is 23.2 Å². The number of aromatic nitrogens is 1. The maximum absolute atomic E-state index is 13.7. The lowest BCUT2D eigenvalue weighted by atomic mass is 10.0. The van der Waals surface area contributed by atoms with Gasteiger partial charge in [-0.15, -0.1) is 11.3 Å². The van der Waals surface area contributed by atoms with Crippen LogP contribution in [0.4, 0.5) is 0 Å². The molecule has 0 fully saturated rings. The molecule has 0 unspecified atom stereocenters. The number of nitrogens with zero attached hydrogens (tertiary/aromatic N) is 3. The van der Waals surface area contributed by atoms with Crippen LogP contribution in [0.3, 0.4) is 0 Å². The highest BCUT2D eigenvalue weighted by Gasteiger charge is 2.27. The Balaban J connectivity index is 1.63. The molecule has 0 spiro atoms. The van der Waals surface area contributed by atoms with Crippen molar-refractivity contribution in [2.45, 2.75) is 45.1 Å². The molecule has 38 heavy (non-hydrogen) atoms.